The molecule has 4 unspecified atom stereocenters. The molecule has 2 aliphatic heterocycles. The lowest BCUT2D eigenvalue weighted by atomic mass is 9.95. The second kappa shape index (κ2) is 7.35. The van der Waals surface area contributed by atoms with Crippen LogP contribution in [0.5, 0.6) is 5.75 Å². The van der Waals surface area contributed by atoms with Gasteiger partial charge in [0.1, 0.15) is 6.67 Å². The van der Waals surface area contributed by atoms with Crippen LogP contribution in [0, 0.1) is 17.7 Å². The summed E-state index contributed by atoms with van der Waals surface area (Å²) in [6.45, 7) is -0.854. The number of hydrazine groups is 1. The molecule has 29 heavy (non-hydrogen) atoms. The zero-order chi connectivity index (χ0) is 20.9. The molecule has 3 aliphatic rings. The molecule has 1 aromatic rings. The third kappa shape index (κ3) is 4.02. The monoisotopic (exact) mass is 422 g/mol. The lowest BCUT2D eigenvalue weighted by Gasteiger charge is -2.38. The first kappa shape index (κ1) is 20.3. The van der Waals surface area contributed by atoms with Gasteiger partial charge in [-0.1, -0.05) is 6.07 Å². The average molecular weight is 422 g/mol. The zero-order valence-electron chi connectivity index (χ0n) is 14.9. The Morgan fingerprint density at radius 1 is 1.31 bits per heavy atom. The van der Waals surface area contributed by atoms with Crippen LogP contribution in [-0.2, 0) is 4.79 Å². The third-order valence-electron chi connectivity index (χ3n) is 5.36. The fraction of sp³-hybridized carbons (Fsp3) is 0.588. The van der Waals surface area contributed by atoms with Gasteiger partial charge in [-0.3, -0.25) is 10.1 Å². The Kier molecular flexibility index (Phi) is 5.13. The van der Waals surface area contributed by atoms with Crippen molar-refractivity contribution < 1.29 is 36.6 Å². The first-order valence-corrected chi connectivity index (χ1v) is 9.08. The number of hydrogen-bond donors (Lipinski definition) is 4. The minimum atomic E-state index is -5.02. The molecule has 0 radical (unpaired) electrons. The Balaban J connectivity index is 1.64. The fourth-order valence-electron chi connectivity index (χ4n) is 4.05. The van der Waals surface area contributed by atoms with Gasteiger partial charge in [0.15, 0.2) is 17.9 Å². The number of hydrogen-bond acceptors (Lipinski definition) is 6. The van der Waals surface area contributed by atoms with E-state index in [1.807, 2.05) is 0 Å². The van der Waals surface area contributed by atoms with Gasteiger partial charge in [-0.15, -0.1) is 13.2 Å². The van der Waals surface area contributed by atoms with Gasteiger partial charge in [-0.25, -0.2) is 19.2 Å². The number of ether oxygens (including phenoxy) is 1. The van der Waals surface area contributed by atoms with Gasteiger partial charge >= 0.3 is 6.36 Å². The van der Waals surface area contributed by atoms with Crippen LogP contribution in [-0.4, -0.2) is 47.6 Å². The molecule has 0 spiro atoms. The SMILES string of the molecule is O=C1NC(O)NC2C1C(CF)NN2[C@@H](c1ccc(OC(F)(F)F)c(F)c1)C1CC1. The highest BCUT2D eigenvalue weighted by Crippen LogP contribution is 2.47. The van der Waals surface area contributed by atoms with Crippen LogP contribution < -0.4 is 20.8 Å². The van der Waals surface area contributed by atoms with E-state index in [0.29, 0.717) is 5.56 Å². The Morgan fingerprint density at radius 2 is 2.03 bits per heavy atom. The van der Waals surface area contributed by atoms with Gasteiger partial charge in [0.05, 0.1) is 24.2 Å². The van der Waals surface area contributed by atoms with Crippen molar-refractivity contribution in [1.29, 1.82) is 0 Å². The van der Waals surface area contributed by atoms with Crippen LogP contribution in [0.3, 0.4) is 0 Å². The largest absolute Gasteiger partial charge is 0.573 e. The molecular formula is C17H19F5N4O3. The summed E-state index contributed by atoms with van der Waals surface area (Å²) < 4.78 is 68.6. The molecular weight excluding hydrogens is 403 g/mol. The first-order valence-electron chi connectivity index (χ1n) is 9.08. The molecule has 160 valence electrons. The van der Waals surface area contributed by atoms with E-state index < -0.39 is 61.0 Å². The van der Waals surface area contributed by atoms with Crippen molar-refractivity contribution >= 4 is 5.91 Å². The van der Waals surface area contributed by atoms with Crippen LogP contribution in [0.2, 0.25) is 0 Å². The zero-order valence-corrected chi connectivity index (χ0v) is 14.9. The Bertz CT molecular complexity index is 791. The summed E-state index contributed by atoms with van der Waals surface area (Å²) in [4.78, 5) is 12.2. The second-order valence-corrected chi connectivity index (χ2v) is 7.37. The number of halogens is 5. The van der Waals surface area contributed by atoms with E-state index in [1.54, 1.807) is 5.01 Å². The van der Waals surface area contributed by atoms with Crippen molar-refractivity contribution in [1.82, 2.24) is 21.1 Å². The van der Waals surface area contributed by atoms with E-state index in [1.165, 1.54) is 6.07 Å². The molecule has 7 nitrogen and oxygen atoms in total. The summed E-state index contributed by atoms with van der Waals surface area (Å²) in [6, 6.07) is 1.75. The van der Waals surface area contributed by atoms with E-state index in [-0.39, 0.29) is 5.92 Å². The minimum Gasteiger partial charge on any atom is -0.403 e. The molecule has 5 atom stereocenters. The highest BCUT2D eigenvalue weighted by Gasteiger charge is 2.53. The number of aliphatic hydroxyl groups excluding tert-OH is 1. The highest BCUT2D eigenvalue weighted by atomic mass is 19.4. The number of amides is 1. The van der Waals surface area contributed by atoms with Crippen molar-refractivity contribution in [2.75, 3.05) is 6.67 Å². The molecule has 3 fully saturated rings. The fourth-order valence-corrected chi connectivity index (χ4v) is 4.05. The number of carbonyl (C=O) groups excluding carboxylic acids is 1. The topological polar surface area (TPSA) is 85.9 Å². The number of nitrogens with one attached hydrogen (secondary N) is 3. The standard InChI is InChI=1S/C17H19F5N4O3/c18-6-10-12-14(23-16(28)24-15(12)27)26(25-10)13(7-1-2-7)8-3-4-11(9(19)5-8)29-17(20,21)22/h3-5,7,10,12-14,16,23,25,28H,1-2,6H2,(H,24,27)/t10?,12?,13-,14?,16?/m1/s1. The third-order valence-corrected chi connectivity index (χ3v) is 5.36. The maximum Gasteiger partial charge on any atom is 0.573 e. The van der Waals surface area contributed by atoms with Crippen molar-refractivity contribution in [2.24, 2.45) is 11.8 Å². The number of rotatable bonds is 5. The van der Waals surface area contributed by atoms with Crippen molar-refractivity contribution in [3.05, 3.63) is 29.6 Å². The molecule has 0 bridgehead atoms. The summed E-state index contributed by atoms with van der Waals surface area (Å²) in [6.07, 6.45) is -5.59. The van der Waals surface area contributed by atoms with Gasteiger partial charge in [0.25, 0.3) is 0 Å². The van der Waals surface area contributed by atoms with Gasteiger partial charge in [-0.2, -0.15) is 0 Å². The Hall–Kier alpha value is -2.02. The molecule has 1 saturated carbocycles. The normalized spacial score (nSPS) is 31.3. The number of nitrogens with zero attached hydrogens (tertiary/aromatic N) is 1. The predicted octanol–water partition coefficient (Wildman–Crippen LogP) is 1.27. The maximum absolute atomic E-state index is 14.3. The van der Waals surface area contributed by atoms with Crippen LogP contribution >= 0.6 is 0 Å². The number of carbonyl (C=O) groups is 1. The van der Waals surface area contributed by atoms with Crippen molar-refractivity contribution in [2.45, 2.75) is 43.8 Å². The number of fused-ring (bicyclic) bond motifs is 1. The van der Waals surface area contributed by atoms with Crippen LogP contribution in [0.4, 0.5) is 22.0 Å². The van der Waals surface area contributed by atoms with E-state index in [9.17, 15) is 31.9 Å². The minimum absolute atomic E-state index is 0.0271. The quantitative estimate of drug-likeness (QED) is 0.535. The Morgan fingerprint density at radius 3 is 2.62 bits per heavy atom. The van der Waals surface area contributed by atoms with Gasteiger partial charge in [0, 0.05) is 0 Å². The smallest absolute Gasteiger partial charge is 0.403 e. The van der Waals surface area contributed by atoms with E-state index in [4.69, 9.17) is 0 Å². The molecule has 2 saturated heterocycles. The lowest BCUT2D eigenvalue weighted by Crippen LogP contribution is -2.64. The molecule has 4 rings (SSSR count). The van der Waals surface area contributed by atoms with E-state index >= 15 is 0 Å². The van der Waals surface area contributed by atoms with E-state index in [0.717, 1.165) is 25.0 Å². The van der Waals surface area contributed by atoms with Crippen molar-refractivity contribution in [3.8, 4) is 5.75 Å². The molecule has 1 aliphatic carbocycles. The summed E-state index contributed by atoms with van der Waals surface area (Å²) in [5.41, 5.74) is 3.27. The van der Waals surface area contributed by atoms with Crippen LogP contribution in [0.25, 0.3) is 0 Å². The molecule has 1 aromatic carbocycles. The summed E-state index contributed by atoms with van der Waals surface area (Å²) >= 11 is 0. The second-order valence-electron chi connectivity index (χ2n) is 7.37. The number of aliphatic hydroxyl groups is 1. The highest BCUT2D eigenvalue weighted by molar-refractivity contribution is 5.81. The summed E-state index contributed by atoms with van der Waals surface area (Å²) in [5, 5.41) is 16.4. The maximum atomic E-state index is 14.3. The van der Waals surface area contributed by atoms with Gasteiger partial charge in [-0.05, 0) is 36.5 Å². The number of benzene rings is 1. The van der Waals surface area contributed by atoms with Gasteiger partial charge in [0.2, 0.25) is 5.91 Å². The molecule has 0 aromatic heterocycles. The predicted molar refractivity (Wildman–Crippen MR) is 87.8 cm³/mol. The average Bonchev–Trinajstić information content (AvgIpc) is 3.38. The number of alkyl halides is 4. The molecule has 12 heteroatoms. The summed E-state index contributed by atoms with van der Waals surface area (Å²) in [5.74, 6) is -3.48. The molecule has 2 heterocycles. The van der Waals surface area contributed by atoms with E-state index in [2.05, 4.69) is 20.8 Å². The Labute approximate surface area is 162 Å². The lowest BCUT2D eigenvalue weighted by molar-refractivity contribution is -0.275. The first-order chi connectivity index (χ1) is 13.7. The van der Waals surface area contributed by atoms with Crippen LogP contribution in [0.1, 0.15) is 24.4 Å². The van der Waals surface area contributed by atoms with Crippen molar-refractivity contribution in [3.63, 3.8) is 0 Å². The molecule has 4 N–H and O–H groups in total. The van der Waals surface area contributed by atoms with Crippen LogP contribution in [0.15, 0.2) is 18.2 Å². The molecule has 1 amide bonds. The van der Waals surface area contributed by atoms with Gasteiger partial charge < -0.3 is 15.2 Å². The summed E-state index contributed by atoms with van der Waals surface area (Å²) in [7, 11) is 0.